The number of rotatable bonds is 5. The van der Waals surface area contributed by atoms with E-state index in [-0.39, 0.29) is 17.5 Å². The molecule has 3 aromatic heterocycles. The number of carbonyl (C=O) groups excluding carboxylic acids is 2. The maximum atomic E-state index is 12.9. The van der Waals surface area contributed by atoms with Gasteiger partial charge in [0.1, 0.15) is 4.70 Å². The first-order valence-corrected chi connectivity index (χ1v) is 10.6. The summed E-state index contributed by atoms with van der Waals surface area (Å²) in [6, 6.07) is 12.6. The van der Waals surface area contributed by atoms with Gasteiger partial charge in [0.15, 0.2) is 16.5 Å². The molecule has 8 nitrogen and oxygen atoms in total. The van der Waals surface area contributed by atoms with E-state index < -0.39 is 5.54 Å². The Morgan fingerprint density at radius 1 is 1.03 bits per heavy atom. The zero-order valence-corrected chi connectivity index (χ0v) is 18.2. The fourth-order valence-electron chi connectivity index (χ4n) is 3.00. The van der Waals surface area contributed by atoms with Gasteiger partial charge in [0, 0.05) is 24.5 Å². The van der Waals surface area contributed by atoms with E-state index in [9.17, 15) is 9.59 Å². The maximum absolute atomic E-state index is 12.9. The fourth-order valence-corrected chi connectivity index (χ4v) is 3.92. The van der Waals surface area contributed by atoms with Crippen molar-refractivity contribution >= 4 is 38.6 Å². The van der Waals surface area contributed by atoms with Crippen molar-refractivity contribution in [2.24, 2.45) is 0 Å². The monoisotopic (exact) mass is 434 g/mol. The second-order valence-electron chi connectivity index (χ2n) is 7.96. The normalized spacial score (nSPS) is 11.5. The zero-order valence-electron chi connectivity index (χ0n) is 17.4. The van der Waals surface area contributed by atoms with Crippen molar-refractivity contribution in [3.05, 3.63) is 71.7 Å². The van der Waals surface area contributed by atoms with Gasteiger partial charge in [-0.25, -0.2) is 4.68 Å². The average Bonchev–Trinajstić information content (AvgIpc) is 3.31. The van der Waals surface area contributed by atoms with Gasteiger partial charge in [0.25, 0.3) is 11.8 Å². The molecule has 0 radical (unpaired) electrons. The van der Waals surface area contributed by atoms with Crippen molar-refractivity contribution in [2.75, 3.05) is 5.32 Å². The van der Waals surface area contributed by atoms with Crippen LogP contribution in [0.2, 0.25) is 0 Å². The van der Waals surface area contributed by atoms with Crippen LogP contribution in [0, 0.1) is 0 Å². The topological polar surface area (TPSA) is 102 Å². The molecule has 0 aliphatic heterocycles. The Balaban J connectivity index is 1.64. The first-order valence-electron chi connectivity index (χ1n) is 9.76. The number of nitrogens with one attached hydrogen (secondary N) is 2. The Morgan fingerprint density at radius 3 is 2.42 bits per heavy atom. The van der Waals surface area contributed by atoms with E-state index in [4.69, 9.17) is 0 Å². The highest BCUT2D eigenvalue weighted by molar-refractivity contribution is 7.22. The molecule has 0 saturated carbocycles. The Labute approximate surface area is 183 Å². The number of anilines is 1. The number of amides is 2. The van der Waals surface area contributed by atoms with Crippen molar-refractivity contribution < 1.29 is 9.59 Å². The number of hydrogen-bond donors (Lipinski definition) is 2. The van der Waals surface area contributed by atoms with Crippen LogP contribution in [0.5, 0.6) is 0 Å². The van der Waals surface area contributed by atoms with Crippen LogP contribution in [0.3, 0.4) is 0 Å². The maximum Gasteiger partial charge on any atom is 0.273 e. The van der Waals surface area contributed by atoms with Crippen molar-refractivity contribution in [1.29, 1.82) is 0 Å². The van der Waals surface area contributed by atoms with Crippen LogP contribution in [0.15, 0.2) is 54.9 Å². The lowest BCUT2D eigenvalue weighted by molar-refractivity contribution is 0.0945. The minimum atomic E-state index is -0.392. The zero-order chi connectivity index (χ0) is 22.0. The highest BCUT2D eigenvalue weighted by Gasteiger charge is 2.27. The van der Waals surface area contributed by atoms with Crippen molar-refractivity contribution in [2.45, 2.75) is 32.9 Å². The predicted molar refractivity (Wildman–Crippen MR) is 120 cm³/mol. The van der Waals surface area contributed by atoms with E-state index in [1.54, 1.807) is 41.3 Å². The third kappa shape index (κ3) is 4.46. The average molecular weight is 435 g/mol. The Morgan fingerprint density at radius 2 is 1.74 bits per heavy atom. The molecule has 2 amide bonds. The summed E-state index contributed by atoms with van der Waals surface area (Å²) >= 11 is 1.24. The molecule has 0 bridgehead atoms. The molecule has 4 aromatic rings. The molecule has 4 rings (SSSR count). The highest BCUT2D eigenvalue weighted by atomic mass is 32.1. The van der Waals surface area contributed by atoms with Crippen LogP contribution in [0.4, 0.5) is 5.13 Å². The molecular formula is C22H22N6O2S. The lowest BCUT2D eigenvalue weighted by atomic mass is 10.1. The van der Waals surface area contributed by atoms with Gasteiger partial charge < -0.3 is 5.32 Å². The number of fused-ring (bicyclic) bond motifs is 1. The molecule has 0 aliphatic rings. The van der Waals surface area contributed by atoms with Gasteiger partial charge in [-0.2, -0.15) is 10.1 Å². The molecule has 0 atom stereocenters. The SMILES string of the molecule is CC(C)(C)n1nc(C(=O)NCc2ccncc2)c2sc(NC(=O)c3ccccc3)nc21. The lowest BCUT2D eigenvalue weighted by Gasteiger charge is -2.19. The van der Waals surface area contributed by atoms with Crippen molar-refractivity contribution in [1.82, 2.24) is 25.1 Å². The Kier molecular flexibility index (Phi) is 5.51. The van der Waals surface area contributed by atoms with Gasteiger partial charge in [-0.15, -0.1) is 0 Å². The Hall–Kier alpha value is -3.59. The third-order valence-corrected chi connectivity index (χ3v) is 5.50. The summed E-state index contributed by atoms with van der Waals surface area (Å²) in [4.78, 5) is 34.0. The molecule has 3 heterocycles. The number of benzene rings is 1. The van der Waals surface area contributed by atoms with Gasteiger partial charge in [-0.1, -0.05) is 29.5 Å². The molecule has 158 valence electrons. The number of aromatic nitrogens is 4. The molecule has 0 saturated heterocycles. The number of pyridine rings is 1. The van der Waals surface area contributed by atoms with Crippen LogP contribution >= 0.6 is 11.3 Å². The quantitative estimate of drug-likeness (QED) is 0.497. The van der Waals surface area contributed by atoms with Crippen molar-refractivity contribution in [3.8, 4) is 0 Å². The van der Waals surface area contributed by atoms with Crippen molar-refractivity contribution in [3.63, 3.8) is 0 Å². The highest BCUT2D eigenvalue weighted by Crippen LogP contribution is 2.32. The van der Waals surface area contributed by atoms with E-state index >= 15 is 0 Å². The Bertz CT molecular complexity index is 1230. The molecule has 31 heavy (non-hydrogen) atoms. The van der Waals surface area contributed by atoms with Gasteiger partial charge in [-0.3, -0.25) is 19.9 Å². The minimum Gasteiger partial charge on any atom is -0.347 e. The van der Waals surface area contributed by atoms with Gasteiger partial charge in [-0.05, 0) is 50.6 Å². The molecule has 1 aromatic carbocycles. The lowest BCUT2D eigenvalue weighted by Crippen LogP contribution is -2.26. The predicted octanol–water partition coefficient (Wildman–Crippen LogP) is 3.83. The fraction of sp³-hybridized carbons (Fsp3) is 0.227. The minimum absolute atomic E-state index is 0.254. The molecule has 0 unspecified atom stereocenters. The first kappa shape index (κ1) is 20.7. The summed E-state index contributed by atoms with van der Waals surface area (Å²) in [6.07, 6.45) is 3.36. The largest absolute Gasteiger partial charge is 0.347 e. The summed E-state index contributed by atoms with van der Waals surface area (Å²) in [6.45, 7) is 6.32. The molecule has 9 heteroatoms. The third-order valence-electron chi connectivity index (χ3n) is 4.53. The van der Waals surface area contributed by atoms with Gasteiger partial charge in [0.2, 0.25) is 0 Å². The smallest absolute Gasteiger partial charge is 0.273 e. The van der Waals surface area contributed by atoms with E-state index in [2.05, 4.69) is 25.7 Å². The summed E-state index contributed by atoms with van der Waals surface area (Å²) in [5.74, 6) is -0.551. The van der Waals surface area contributed by atoms with Crippen LogP contribution in [-0.4, -0.2) is 31.6 Å². The first-order chi connectivity index (χ1) is 14.8. The van der Waals surface area contributed by atoms with Gasteiger partial charge >= 0.3 is 0 Å². The summed E-state index contributed by atoms with van der Waals surface area (Å²) < 4.78 is 2.35. The number of hydrogen-bond acceptors (Lipinski definition) is 6. The molecule has 0 spiro atoms. The molecule has 0 fully saturated rings. The number of thiazole rings is 1. The summed E-state index contributed by atoms with van der Waals surface area (Å²) in [5.41, 5.74) is 1.94. The number of carbonyl (C=O) groups is 2. The van der Waals surface area contributed by atoms with Crippen LogP contribution in [-0.2, 0) is 12.1 Å². The van der Waals surface area contributed by atoms with Crippen LogP contribution in [0.1, 0.15) is 47.2 Å². The molecular weight excluding hydrogens is 412 g/mol. The van der Waals surface area contributed by atoms with Gasteiger partial charge in [0.05, 0.1) is 5.54 Å². The molecule has 0 aliphatic carbocycles. The van der Waals surface area contributed by atoms with E-state index in [1.807, 2.05) is 39.0 Å². The van der Waals surface area contributed by atoms with Crippen LogP contribution in [0.25, 0.3) is 10.3 Å². The van der Waals surface area contributed by atoms with Crippen LogP contribution < -0.4 is 10.6 Å². The van der Waals surface area contributed by atoms with E-state index in [1.165, 1.54) is 11.3 Å². The summed E-state index contributed by atoms with van der Waals surface area (Å²) in [7, 11) is 0. The number of nitrogens with zero attached hydrogens (tertiary/aromatic N) is 4. The second kappa shape index (κ2) is 8.27. The van der Waals surface area contributed by atoms with E-state index in [0.29, 0.717) is 27.6 Å². The standard InChI is InChI=1S/C22H22N6O2S/c1-22(2,3)28-18-17(16(27-28)20(30)24-13-14-9-11-23-12-10-14)31-21(25-18)26-19(29)15-7-5-4-6-8-15/h4-12H,13H2,1-3H3,(H,24,30)(H,25,26,29). The van der Waals surface area contributed by atoms with E-state index in [0.717, 1.165) is 5.56 Å². The summed E-state index contributed by atoms with van der Waals surface area (Å²) in [5, 5.41) is 10.7. The second-order valence-corrected chi connectivity index (χ2v) is 8.96. The molecule has 2 N–H and O–H groups in total.